The molecule has 0 aliphatic heterocycles. The van der Waals surface area contributed by atoms with Gasteiger partial charge >= 0.3 is 11.9 Å². The van der Waals surface area contributed by atoms with Crippen LogP contribution in [0.5, 0.6) is 0 Å². The minimum absolute atomic E-state index is 0.368. The number of hydrogen-bond donors (Lipinski definition) is 2. The van der Waals surface area contributed by atoms with Crippen molar-refractivity contribution in [2.75, 3.05) is 0 Å². The zero-order chi connectivity index (χ0) is 10.9. The highest BCUT2D eigenvalue weighted by Gasteiger charge is 2.06. The summed E-state index contributed by atoms with van der Waals surface area (Å²) in [6.45, 7) is 0. The molecule has 0 atom stereocenters. The molecule has 1 rings (SSSR count). The highest BCUT2D eigenvalue weighted by Crippen LogP contribution is 2.04. The number of carboxylic acid groups (broad SMARTS) is 2. The van der Waals surface area contributed by atoms with E-state index in [-0.39, 0.29) is 6.04 Å². The van der Waals surface area contributed by atoms with Crippen LogP contribution >= 0.6 is 0 Å². The quantitative estimate of drug-likeness (QED) is 0.692. The molecule has 0 aromatic heterocycles. The van der Waals surface area contributed by atoms with Gasteiger partial charge in [-0.3, -0.25) is 0 Å². The van der Waals surface area contributed by atoms with E-state index in [2.05, 4.69) is 0 Å². The Labute approximate surface area is 70.9 Å². The summed E-state index contributed by atoms with van der Waals surface area (Å²) >= 11 is 0. The highest BCUT2D eigenvalue weighted by molar-refractivity contribution is 5.93. The van der Waals surface area contributed by atoms with Gasteiger partial charge in [0.2, 0.25) is 0 Å². The minimum Gasteiger partial charge on any atom is -0.478 e. The molecule has 0 aliphatic carbocycles. The van der Waals surface area contributed by atoms with E-state index in [0.717, 1.165) is 12.1 Å². The fraction of sp³-hybridized carbons (Fsp3) is 0. The molecule has 0 heterocycles. The first kappa shape index (κ1) is 5.77. The van der Waals surface area contributed by atoms with Gasteiger partial charge in [0.25, 0.3) is 0 Å². The Morgan fingerprint density at radius 2 is 1.83 bits per heavy atom. The first-order valence-electron chi connectivity index (χ1n) is 4.02. The van der Waals surface area contributed by atoms with Crippen LogP contribution in [0, 0.1) is 0 Å². The number of aromatic carboxylic acids is 2. The molecule has 0 unspecified atom stereocenters. The van der Waals surface area contributed by atoms with E-state index >= 15 is 0 Å². The molecule has 0 bridgehead atoms. The number of benzene rings is 1. The topological polar surface area (TPSA) is 74.6 Å². The molecule has 0 radical (unpaired) electrons. The van der Waals surface area contributed by atoms with Crippen molar-refractivity contribution in [1.82, 2.24) is 0 Å². The van der Waals surface area contributed by atoms with Crippen LogP contribution in [0.2, 0.25) is 0 Å². The molecular formula is C8H6O4. The smallest absolute Gasteiger partial charge is 0.335 e. The van der Waals surface area contributed by atoms with Crippen molar-refractivity contribution in [3.8, 4) is 0 Å². The van der Waals surface area contributed by atoms with E-state index in [1.54, 1.807) is 0 Å². The van der Waals surface area contributed by atoms with E-state index < -0.39 is 29.1 Å². The molecule has 0 amide bonds. The van der Waals surface area contributed by atoms with Gasteiger partial charge in [-0.15, -0.1) is 0 Å². The molecule has 2 N–H and O–H groups in total. The van der Waals surface area contributed by atoms with Crippen molar-refractivity contribution < 1.29 is 22.5 Å². The van der Waals surface area contributed by atoms with Gasteiger partial charge in [0.05, 0.1) is 13.9 Å². The summed E-state index contributed by atoms with van der Waals surface area (Å²) in [6.07, 6.45) is 0. The average molecular weight is 168 g/mol. The molecule has 1 aromatic carbocycles. The van der Waals surface area contributed by atoms with Crippen LogP contribution in [-0.2, 0) is 0 Å². The van der Waals surface area contributed by atoms with Gasteiger partial charge in [-0.1, -0.05) is 6.07 Å². The molecule has 62 valence electrons. The van der Waals surface area contributed by atoms with E-state index in [4.69, 9.17) is 13.0 Å². The standard InChI is InChI=1S/C8H6O4/c9-7(10)5-2-1-3-6(4-5)8(11)12/h1-4H,(H,9,10)(H,11,12)/i2D,4D. The van der Waals surface area contributed by atoms with Gasteiger partial charge < -0.3 is 10.2 Å². The highest BCUT2D eigenvalue weighted by atomic mass is 16.4. The molecule has 1 aromatic rings. The molecular weight excluding hydrogens is 160 g/mol. The maximum Gasteiger partial charge on any atom is 0.335 e. The fourth-order valence-electron chi connectivity index (χ4n) is 0.661. The van der Waals surface area contributed by atoms with Gasteiger partial charge in [0.1, 0.15) is 0 Å². The molecule has 4 heteroatoms. The third-order valence-corrected chi connectivity index (χ3v) is 1.18. The maximum absolute atomic E-state index is 10.6. The summed E-state index contributed by atoms with van der Waals surface area (Å²) in [5.41, 5.74) is -1.01. The molecule has 0 aliphatic rings. The largest absolute Gasteiger partial charge is 0.478 e. The Morgan fingerprint density at radius 1 is 1.25 bits per heavy atom. The Kier molecular flexibility index (Phi) is 1.46. The SMILES string of the molecule is [2H]c1ccc(C(=O)O)c([2H])c1C(=O)O. The summed E-state index contributed by atoms with van der Waals surface area (Å²) in [4.78, 5) is 21.1. The average Bonchev–Trinajstić information content (AvgIpc) is 2.02. The van der Waals surface area contributed by atoms with E-state index in [9.17, 15) is 9.59 Å². The van der Waals surface area contributed by atoms with Gasteiger partial charge in [-0.25, -0.2) is 9.59 Å². The number of rotatable bonds is 2. The van der Waals surface area contributed by atoms with Crippen LogP contribution < -0.4 is 0 Å². The molecule has 0 fully saturated rings. The van der Waals surface area contributed by atoms with E-state index in [1.165, 1.54) is 0 Å². The van der Waals surface area contributed by atoms with Crippen molar-refractivity contribution in [3.63, 3.8) is 0 Å². The van der Waals surface area contributed by atoms with Gasteiger partial charge in [0, 0.05) is 0 Å². The molecule has 0 spiro atoms. The first-order valence-corrected chi connectivity index (χ1v) is 3.02. The lowest BCUT2D eigenvalue weighted by Gasteiger charge is -1.95. The van der Waals surface area contributed by atoms with Crippen molar-refractivity contribution in [2.45, 2.75) is 0 Å². The zero-order valence-electron chi connectivity index (χ0n) is 7.87. The van der Waals surface area contributed by atoms with Gasteiger partial charge in [-0.2, -0.15) is 0 Å². The summed E-state index contributed by atoms with van der Waals surface area (Å²) in [5, 5.41) is 17.2. The number of hydrogen-bond acceptors (Lipinski definition) is 2. The molecule has 12 heavy (non-hydrogen) atoms. The third kappa shape index (κ3) is 1.60. The summed E-state index contributed by atoms with van der Waals surface area (Å²) < 4.78 is 14.5. The lowest BCUT2D eigenvalue weighted by molar-refractivity contribution is 0.0696. The van der Waals surface area contributed by atoms with Crippen LogP contribution in [0.25, 0.3) is 0 Å². The predicted octanol–water partition coefficient (Wildman–Crippen LogP) is 1.08. The Bertz CT molecular complexity index is 414. The first-order chi connectivity index (χ1) is 6.45. The second-order valence-electron chi connectivity index (χ2n) is 2.00. The van der Waals surface area contributed by atoms with Crippen LogP contribution in [-0.4, -0.2) is 22.2 Å². The summed E-state index contributed by atoms with van der Waals surface area (Å²) in [7, 11) is 0. The number of carboxylic acids is 2. The van der Waals surface area contributed by atoms with Crippen LogP contribution in [0.3, 0.4) is 0 Å². The normalized spacial score (nSPS) is 11.7. The molecule has 4 nitrogen and oxygen atoms in total. The third-order valence-electron chi connectivity index (χ3n) is 1.18. The Morgan fingerprint density at radius 3 is 2.33 bits per heavy atom. The minimum atomic E-state index is -1.47. The fourth-order valence-corrected chi connectivity index (χ4v) is 0.661. The van der Waals surface area contributed by atoms with Crippen molar-refractivity contribution in [1.29, 1.82) is 0 Å². The van der Waals surface area contributed by atoms with Gasteiger partial charge in [0.15, 0.2) is 0 Å². The van der Waals surface area contributed by atoms with E-state index in [0.29, 0.717) is 0 Å². The Hall–Kier alpha value is -1.84. The molecule has 0 saturated heterocycles. The maximum atomic E-state index is 10.6. The molecule has 0 saturated carbocycles. The number of carbonyl (C=O) groups is 2. The van der Waals surface area contributed by atoms with E-state index in [1.807, 2.05) is 0 Å². The monoisotopic (exact) mass is 168 g/mol. The Balaban J connectivity index is 3.49. The summed E-state index contributed by atoms with van der Waals surface area (Å²) in [6, 6.07) is 1.08. The zero-order valence-corrected chi connectivity index (χ0v) is 5.87. The van der Waals surface area contributed by atoms with Crippen molar-refractivity contribution >= 4 is 11.9 Å². The lowest BCUT2D eigenvalue weighted by atomic mass is 10.1. The second kappa shape index (κ2) is 3.04. The van der Waals surface area contributed by atoms with Crippen LogP contribution in [0.15, 0.2) is 24.2 Å². The van der Waals surface area contributed by atoms with Crippen LogP contribution in [0.4, 0.5) is 0 Å². The second-order valence-corrected chi connectivity index (χ2v) is 2.00. The summed E-state index contributed by atoms with van der Waals surface area (Å²) in [5.74, 6) is -2.85. The van der Waals surface area contributed by atoms with Crippen molar-refractivity contribution in [3.05, 3.63) is 35.3 Å². The van der Waals surface area contributed by atoms with Crippen molar-refractivity contribution in [2.24, 2.45) is 0 Å². The lowest BCUT2D eigenvalue weighted by Crippen LogP contribution is -2.01. The van der Waals surface area contributed by atoms with Crippen LogP contribution in [0.1, 0.15) is 23.5 Å². The predicted molar refractivity (Wildman–Crippen MR) is 40.4 cm³/mol. The van der Waals surface area contributed by atoms with Gasteiger partial charge in [-0.05, 0) is 18.2 Å².